The zero-order valence-electron chi connectivity index (χ0n) is 43.5. The van der Waals surface area contributed by atoms with Gasteiger partial charge in [-0.25, -0.2) is 0 Å². The van der Waals surface area contributed by atoms with Crippen LogP contribution in [0.2, 0.25) is 38.3 Å². The van der Waals surface area contributed by atoms with Crippen molar-refractivity contribution in [2.24, 2.45) is 25.7 Å². The van der Waals surface area contributed by atoms with E-state index in [0.717, 1.165) is 121 Å². The van der Waals surface area contributed by atoms with E-state index in [-0.39, 0.29) is 12.4 Å². The molecule has 392 valence electrons. The molecular formula is C54H66N10O8Si3. The molecule has 1 spiro atoms. The Hall–Kier alpha value is -5.96. The van der Waals surface area contributed by atoms with Crippen molar-refractivity contribution < 1.29 is 45.2 Å². The van der Waals surface area contributed by atoms with Crippen molar-refractivity contribution in [1.82, 2.24) is 13.8 Å². The van der Waals surface area contributed by atoms with Crippen molar-refractivity contribution in [2.75, 3.05) is 79.6 Å². The Morgan fingerprint density at radius 2 is 1.00 bits per heavy atom. The summed E-state index contributed by atoms with van der Waals surface area (Å²) in [6.07, 6.45) is 1.85. The second kappa shape index (κ2) is 18.7. The third-order valence-corrected chi connectivity index (χ3v) is 32.1. The number of fused-ring (bicyclic) bond motifs is 12. The Morgan fingerprint density at radius 1 is 0.560 bits per heavy atom. The van der Waals surface area contributed by atoms with Crippen LogP contribution in [0.3, 0.4) is 0 Å². The van der Waals surface area contributed by atoms with Crippen molar-refractivity contribution in [2.45, 2.75) is 57.5 Å². The molecule has 6 aromatic rings. The maximum atomic E-state index is 11.2. The summed E-state index contributed by atoms with van der Waals surface area (Å²) < 4.78 is 55.1. The van der Waals surface area contributed by atoms with Gasteiger partial charge in [0.25, 0.3) is 0 Å². The van der Waals surface area contributed by atoms with Crippen molar-refractivity contribution in [3.8, 4) is 0 Å². The quantitative estimate of drug-likeness (QED) is 0.0387. The predicted octanol–water partition coefficient (Wildman–Crippen LogP) is 5.73. The number of benzene rings is 4. The van der Waals surface area contributed by atoms with Gasteiger partial charge in [0.2, 0.25) is 0 Å². The first-order valence-corrected chi connectivity index (χ1v) is 35.2. The molecule has 0 bridgehead atoms. The van der Waals surface area contributed by atoms with E-state index in [1.807, 2.05) is 0 Å². The molecule has 75 heavy (non-hydrogen) atoms. The van der Waals surface area contributed by atoms with Gasteiger partial charge >= 0.3 is 373 Å². The zero-order valence-corrected chi connectivity index (χ0v) is 46.5. The summed E-state index contributed by atoms with van der Waals surface area (Å²) in [6, 6.07) is 35.7. The minimum absolute atomic E-state index is 0.231. The van der Waals surface area contributed by atoms with Gasteiger partial charge in [-0.15, -0.1) is 0 Å². The minimum atomic E-state index is -6.71. The number of carbonyl (C=O) groups excluding carboxylic acids is 1. The van der Waals surface area contributed by atoms with Gasteiger partial charge in [0, 0.05) is 0 Å². The zero-order chi connectivity index (χ0) is 51.6. The normalized spacial score (nSPS) is 18.2. The Kier molecular flexibility index (Phi) is 12.4. The van der Waals surface area contributed by atoms with Crippen LogP contribution in [0.15, 0.2) is 117 Å². The van der Waals surface area contributed by atoms with Crippen LogP contribution in [0.25, 0.3) is 21.5 Å². The molecular weight excluding hydrogens is 1000 g/mol. The second-order valence-corrected chi connectivity index (χ2v) is 35.5. The van der Waals surface area contributed by atoms with Crippen molar-refractivity contribution in [3.05, 3.63) is 130 Å². The van der Waals surface area contributed by atoms with Crippen molar-refractivity contribution in [1.29, 1.82) is 0 Å². The summed E-state index contributed by atoms with van der Waals surface area (Å²) in [5.74, 6) is 4.17. The average molecular weight is 1070 g/mol. The number of hydrogen-bond donors (Lipinski definition) is 2. The number of nitrogens with one attached hydrogen (secondary N) is 1. The van der Waals surface area contributed by atoms with Gasteiger partial charge in [0.1, 0.15) is 0 Å². The number of esters is 1. The van der Waals surface area contributed by atoms with Crippen molar-refractivity contribution in [3.63, 3.8) is 0 Å². The average Bonchev–Trinajstić information content (AvgIpc) is 3.01. The number of ether oxygens (including phenoxy) is 5. The number of nitrogens with zero attached hydrogens (tertiary/aromatic N) is 8. The molecule has 0 saturated carbocycles. The molecule has 18 nitrogen and oxygen atoms in total. The molecule has 2 aromatic heterocycles. The molecule has 0 atom stereocenters. The Balaban J connectivity index is 0.935. The molecule has 6 aliphatic rings. The summed E-state index contributed by atoms with van der Waals surface area (Å²) in [5, 5.41) is 7.52. The van der Waals surface area contributed by atoms with E-state index in [2.05, 4.69) is 150 Å². The Labute approximate surface area is 437 Å². The topological polar surface area (TPSA) is 185 Å². The van der Waals surface area contributed by atoms with Crippen LogP contribution >= 0.6 is 0 Å². The number of aromatic nitrogens is 2. The summed E-state index contributed by atoms with van der Waals surface area (Å²) >= 11 is 0. The molecule has 0 aliphatic carbocycles. The summed E-state index contributed by atoms with van der Waals surface area (Å²) in [4.78, 5) is 34.5. The van der Waals surface area contributed by atoms with Crippen LogP contribution in [0.1, 0.15) is 41.5 Å². The van der Waals surface area contributed by atoms with E-state index < -0.39 is 24.4 Å². The fourth-order valence-corrected chi connectivity index (χ4v) is 35.0. The first-order chi connectivity index (χ1) is 36.4. The summed E-state index contributed by atoms with van der Waals surface area (Å²) in [5.41, 5.74) is 11.8. The third kappa shape index (κ3) is 7.20. The van der Waals surface area contributed by atoms with Gasteiger partial charge in [-0.1, -0.05) is 0 Å². The third-order valence-electron chi connectivity index (χ3n) is 15.4. The second-order valence-electron chi connectivity index (χ2n) is 21.2. The van der Waals surface area contributed by atoms with Gasteiger partial charge in [0.15, 0.2) is 0 Å². The molecule has 21 heteroatoms. The van der Waals surface area contributed by atoms with E-state index in [4.69, 9.17) is 48.8 Å². The predicted molar refractivity (Wildman–Crippen MR) is 295 cm³/mol. The number of hydrogen-bond acceptors (Lipinski definition) is 14. The fourth-order valence-electron chi connectivity index (χ4n) is 12.7. The van der Waals surface area contributed by atoms with Gasteiger partial charge in [0.05, 0.1) is 46.6 Å². The molecule has 6 aliphatic heterocycles. The van der Waals surface area contributed by atoms with E-state index in [1.54, 1.807) is 0 Å². The first-order valence-electron chi connectivity index (χ1n) is 26.4. The summed E-state index contributed by atoms with van der Waals surface area (Å²) in [6.45, 7) is 15.0. The molecule has 0 fully saturated rings. The molecule has 12 rings (SSSR count). The van der Waals surface area contributed by atoms with Crippen LogP contribution in [0.5, 0.6) is 0 Å². The number of methoxy groups -OCH3 is 1. The molecule has 0 saturated heterocycles. The van der Waals surface area contributed by atoms with E-state index in [0.29, 0.717) is 65.9 Å². The number of carbonyl (C=O) groups is 1. The SMILES string of the molecule is COC(=O)CCOCCOCCOCCOCCNCCC[Si](C)(C)O[Si-2]123(O[Si](C)(C)CCCN)n4c5c6ccccc6c4N=C4c6ccccc6C(=[N+]41)N=c1c4ccccc4c(n12)=NC1=[N+]3C(=N5)c2ccccc21. The Morgan fingerprint density at radius 3 is 1.49 bits per heavy atom. The number of amidine groups is 4. The standard InChI is InChI=1S/C54H66N10O8Si3/c1-66-46(65)24-28-67-30-32-69-34-35-70-33-31-68-29-27-56-26-15-37-74(4,5)72-75(71-73(2,3)36-14-25-55)61-47-38-16-6-7-17-39(38)48(61)58-50-42-20-10-11-21-43(42)52(63(50)75)60-54-45-23-13-12-22-44(45)53(64(54)75)59-51-41-19-9-8-18-40(41)49(57-47)62(51)75/h6-13,16-23,56H,14-15,24-37,55H2,1-5H3. The molecule has 0 unspecified atom stereocenters. The van der Waals surface area contributed by atoms with Crippen LogP contribution in [-0.4, -0.2) is 150 Å². The van der Waals surface area contributed by atoms with Gasteiger partial charge < -0.3 is 14.2 Å². The van der Waals surface area contributed by atoms with Crippen LogP contribution in [0, 0.1) is 0 Å². The van der Waals surface area contributed by atoms with E-state index in [1.165, 1.54) is 7.11 Å². The first kappa shape index (κ1) is 49.9. The van der Waals surface area contributed by atoms with Crippen LogP contribution < -0.4 is 22.0 Å². The van der Waals surface area contributed by atoms with Crippen LogP contribution in [-0.2, 0) is 36.7 Å². The monoisotopic (exact) mass is 1070 g/mol. The van der Waals surface area contributed by atoms with Gasteiger partial charge in [-0.3, -0.25) is 4.79 Å². The molecule has 3 N–H and O–H groups in total. The molecule has 0 radical (unpaired) electrons. The van der Waals surface area contributed by atoms with Crippen LogP contribution in [0.4, 0.5) is 11.6 Å². The van der Waals surface area contributed by atoms with E-state index in [9.17, 15) is 8.91 Å². The Bertz CT molecular complexity index is 3450. The van der Waals surface area contributed by atoms with Gasteiger partial charge in [-0.05, 0) is 0 Å². The number of nitrogens with two attached hydrogens (primary N) is 1. The maximum absolute atomic E-state index is 11.2. The molecule has 8 heterocycles. The molecule has 4 aromatic carbocycles. The number of aliphatic imine (C=N–C) groups is 2. The molecule has 0 amide bonds. The van der Waals surface area contributed by atoms with Crippen molar-refractivity contribution >= 4 is 86.9 Å². The summed E-state index contributed by atoms with van der Waals surface area (Å²) in [7, 11) is -11.4. The van der Waals surface area contributed by atoms with E-state index >= 15 is 0 Å². The fraction of sp³-hybridized carbons (Fsp3) is 0.389. The number of rotatable bonds is 26. The van der Waals surface area contributed by atoms with Gasteiger partial charge in [-0.2, -0.15) is 0 Å².